The van der Waals surface area contributed by atoms with Crippen molar-refractivity contribution < 1.29 is 4.74 Å². The van der Waals surface area contributed by atoms with Gasteiger partial charge in [-0.1, -0.05) is 23.7 Å². The first-order valence-electron chi connectivity index (χ1n) is 8.87. The molecular weight excluding hydrogens is 362 g/mol. The molecule has 0 aliphatic carbocycles. The zero-order chi connectivity index (χ0) is 19.4. The van der Waals surface area contributed by atoms with Crippen LogP contribution in [-0.4, -0.2) is 28.8 Å². The van der Waals surface area contributed by atoms with Crippen molar-refractivity contribution in [3.8, 4) is 0 Å². The molecule has 3 rings (SSSR count). The number of hydrogen-bond donors (Lipinski definition) is 1. The second-order valence-electron chi connectivity index (χ2n) is 7.15. The lowest BCUT2D eigenvalue weighted by atomic mass is 10.1. The van der Waals surface area contributed by atoms with E-state index in [1.165, 1.54) is 0 Å². The van der Waals surface area contributed by atoms with Crippen molar-refractivity contribution in [1.82, 2.24) is 14.9 Å². The van der Waals surface area contributed by atoms with Crippen LogP contribution in [0.25, 0.3) is 10.9 Å². The molecule has 0 spiro atoms. The summed E-state index contributed by atoms with van der Waals surface area (Å²) in [5, 5.41) is 4.89. The van der Waals surface area contributed by atoms with Gasteiger partial charge in [0, 0.05) is 37.0 Å². The van der Waals surface area contributed by atoms with Gasteiger partial charge in [-0.05, 0) is 49.6 Å². The first kappa shape index (κ1) is 19.5. The topological polar surface area (TPSA) is 56.1 Å². The minimum absolute atomic E-state index is 0.0434. The fraction of sp³-hybridized carbons (Fsp3) is 0.333. The van der Waals surface area contributed by atoms with E-state index < -0.39 is 0 Å². The van der Waals surface area contributed by atoms with Gasteiger partial charge in [-0.25, -0.2) is 0 Å². The van der Waals surface area contributed by atoms with Crippen LogP contribution in [0.15, 0.2) is 53.5 Å². The van der Waals surface area contributed by atoms with Crippen molar-refractivity contribution in [1.29, 1.82) is 0 Å². The average Bonchev–Trinajstić information content (AvgIpc) is 2.66. The molecule has 27 heavy (non-hydrogen) atoms. The smallest absolute Gasteiger partial charge is 0.255 e. The summed E-state index contributed by atoms with van der Waals surface area (Å²) >= 11 is 6.18. The highest BCUT2D eigenvalue weighted by atomic mass is 35.5. The maximum absolute atomic E-state index is 13.1. The van der Waals surface area contributed by atoms with E-state index in [1.54, 1.807) is 17.9 Å². The zero-order valence-electron chi connectivity index (χ0n) is 15.8. The van der Waals surface area contributed by atoms with E-state index in [4.69, 9.17) is 16.3 Å². The van der Waals surface area contributed by atoms with Gasteiger partial charge in [0.15, 0.2) is 0 Å². The lowest BCUT2D eigenvalue weighted by Crippen LogP contribution is -2.37. The lowest BCUT2D eigenvalue weighted by Gasteiger charge is -2.23. The number of aromatic nitrogens is 2. The number of benzene rings is 1. The van der Waals surface area contributed by atoms with E-state index in [9.17, 15) is 4.79 Å². The van der Waals surface area contributed by atoms with E-state index in [-0.39, 0.29) is 11.2 Å². The number of nitrogens with one attached hydrogen (secondary N) is 1. The number of hydrogen-bond acceptors (Lipinski definition) is 4. The number of halogens is 1. The first-order valence-corrected chi connectivity index (χ1v) is 9.25. The van der Waals surface area contributed by atoms with Crippen LogP contribution in [0.3, 0.4) is 0 Å². The van der Waals surface area contributed by atoms with Gasteiger partial charge in [-0.3, -0.25) is 9.78 Å². The summed E-state index contributed by atoms with van der Waals surface area (Å²) < 4.78 is 7.16. The molecule has 1 N–H and O–H groups in total. The Balaban J connectivity index is 1.99. The maximum atomic E-state index is 13.1. The number of rotatable bonds is 7. The largest absolute Gasteiger partial charge is 0.377 e. The highest BCUT2D eigenvalue weighted by Gasteiger charge is 2.16. The Hall–Kier alpha value is -2.21. The molecule has 0 saturated heterocycles. The Labute approximate surface area is 164 Å². The van der Waals surface area contributed by atoms with Gasteiger partial charge in [0.25, 0.3) is 5.56 Å². The number of pyridine rings is 2. The van der Waals surface area contributed by atoms with Crippen molar-refractivity contribution in [2.24, 2.45) is 0 Å². The van der Waals surface area contributed by atoms with Crippen LogP contribution in [0, 0.1) is 0 Å². The molecular formula is C21H24ClN3O2. The minimum Gasteiger partial charge on any atom is -0.377 e. The molecule has 2 aromatic heterocycles. The Bertz CT molecular complexity index is 984. The van der Waals surface area contributed by atoms with E-state index in [2.05, 4.69) is 10.3 Å². The molecule has 0 fully saturated rings. The Morgan fingerprint density at radius 3 is 2.74 bits per heavy atom. The van der Waals surface area contributed by atoms with Crippen LogP contribution in [0.5, 0.6) is 0 Å². The molecule has 2 heterocycles. The van der Waals surface area contributed by atoms with Gasteiger partial charge in [0.2, 0.25) is 0 Å². The van der Waals surface area contributed by atoms with E-state index in [0.29, 0.717) is 30.2 Å². The second-order valence-corrected chi connectivity index (χ2v) is 7.59. The third-order valence-corrected chi connectivity index (χ3v) is 4.83. The lowest BCUT2D eigenvalue weighted by molar-refractivity contribution is 0.0230. The van der Waals surface area contributed by atoms with Crippen molar-refractivity contribution in [2.45, 2.75) is 32.5 Å². The number of methoxy groups -OCH3 is 1. The summed E-state index contributed by atoms with van der Waals surface area (Å²) in [4.78, 5) is 17.5. The highest BCUT2D eigenvalue weighted by Crippen LogP contribution is 2.20. The van der Waals surface area contributed by atoms with Gasteiger partial charge in [-0.15, -0.1) is 0 Å². The van der Waals surface area contributed by atoms with E-state index >= 15 is 0 Å². The van der Waals surface area contributed by atoms with E-state index in [0.717, 1.165) is 16.6 Å². The maximum Gasteiger partial charge on any atom is 0.255 e. The first-order chi connectivity index (χ1) is 12.9. The van der Waals surface area contributed by atoms with Gasteiger partial charge in [0.1, 0.15) is 0 Å². The van der Waals surface area contributed by atoms with Crippen molar-refractivity contribution >= 4 is 22.5 Å². The molecule has 0 bridgehead atoms. The summed E-state index contributed by atoms with van der Waals surface area (Å²) in [7, 11) is 1.68. The molecule has 3 aromatic rings. The molecule has 0 radical (unpaired) electrons. The van der Waals surface area contributed by atoms with Crippen LogP contribution in [0.4, 0.5) is 0 Å². The van der Waals surface area contributed by atoms with Crippen molar-refractivity contribution in [2.75, 3.05) is 13.7 Å². The van der Waals surface area contributed by atoms with Crippen LogP contribution in [-0.2, 0) is 17.8 Å². The third-order valence-electron chi connectivity index (χ3n) is 4.60. The Morgan fingerprint density at radius 2 is 2.04 bits per heavy atom. The second kappa shape index (κ2) is 8.21. The van der Waals surface area contributed by atoms with Crippen LogP contribution < -0.4 is 10.9 Å². The fourth-order valence-electron chi connectivity index (χ4n) is 2.91. The summed E-state index contributed by atoms with van der Waals surface area (Å²) in [6.07, 6.45) is 1.73. The van der Waals surface area contributed by atoms with Crippen molar-refractivity contribution in [3.63, 3.8) is 0 Å². The SMILES string of the molecule is COC(C)(C)CNCc1cc2ccc(Cl)cc2n(Cc2ccccn2)c1=O. The average molecular weight is 386 g/mol. The molecule has 0 atom stereocenters. The fourth-order valence-corrected chi connectivity index (χ4v) is 3.08. The molecule has 0 saturated carbocycles. The van der Waals surface area contributed by atoms with E-state index in [1.807, 2.05) is 56.3 Å². The molecule has 5 nitrogen and oxygen atoms in total. The monoisotopic (exact) mass is 385 g/mol. The van der Waals surface area contributed by atoms with Gasteiger partial charge < -0.3 is 14.6 Å². The minimum atomic E-state index is -0.294. The molecule has 142 valence electrons. The predicted octanol–water partition coefficient (Wildman–Crippen LogP) is 3.61. The van der Waals surface area contributed by atoms with Gasteiger partial charge in [-0.2, -0.15) is 0 Å². The molecule has 0 unspecified atom stereocenters. The van der Waals surface area contributed by atoms with Gasteiger partial charge in [0.05, 0.1) is 23.4 Å². The van der Waals surface area contributed by atoms with Crippen LogP contribution >= 0.6 is 11.6 Å². The normalized spacial score (nSPS) is 11.9. The Kier molecular flexibility index (Phi) is 5.95. The molecule has 0 aliphatic heterocycles. The zero-order valence-corrected chi connectivity index (χ0v) is 16.6. The van der Waals surface area contributed by atoms with Crippen LogP contribution in [0.2, 0.25) is 5.02 Å². The van der Waals surface area contributed by atoms with Crippen LogP contribution in [0.1, 0.15) is 25.1 Å². The highest BCUT2D eigenvalue weighted by molar-refractivity contribution is 6.31. The summed E-state index contributed by atoms with van der Waals surface area (Å²) in [6, 6.07) is 13.2. The van der Waals surface area contributed by atoms with Gasteiger partial charge >= 0.3 is 0 Å². The third kappa shape index (κ3) is 4.75. The number of nitrogens with zero attached hydrogens (tertiary/aromatic N) is 2. The summed E-state index contributed by atoms with van der Waals surface area (Å²) in [5.74, 6) is 0. The molecule has 6 heteroatoms. The quantitative estimate of drug-likeness (QED) is 0.675. The summed E-state index contributed by atoms with van der Waals surface area (Å²) in [6.45, 7) is 5.51. The molecule has 0 amide bonds. The standard InChI is InChI=1S/C21H24ClN3O2/c1-21(2,27-3)14-23-12-16-10-15-7-8-17(22)11-19(15)25(20(16)26)13-18-6-4-5-9-24-18/h4-11,23H,12-14H2,1-3H3. The molecule has 0 aliphatic rings. The van der Waals surface area contributed by atoms with Crippen molar-refractivity contribution in [3.05, 3.63) is 75.3 Å². The Morgan fingerprint density at radius 1 is 1.22 bits per heavy atom. The summed E-state index contributed by atoms with van der Waals surface area (Å²) in [5.41, 5.74) is 1.99. The molecule has 1 aromatic carbocycles. The predicted molar refractivity (Wildman–Crippen MR) is 109 cm³/mol. The number of fused-ring (bicyclic) bond motifs is 1. The number of ether oxygens (including phenoxy) is 1.